The number of carbonyl (C=O) groups is 4. The van der Waals surface area contributed by atoms with Crippen molar-refractivity contribution in [3.05, 3.63) is 65.0 Å². The Hall–Kier alpha value is -3.55. The van der Waals surface area contributed by atoms with Crippen LogP contribution in [0.2, 0.25) is 0 Å². The quantitative estimate of drug-likeness (QED) is 0.774. The van der Waals surface area contributed by atoms with Crippen molar-refractivity contribution in [2.75, 3.05) is 11.4 Å². The van der Waals surface area contributed by atoms with E-state index < -0.39 is 29.1 Å². The summed E-state index contributed by atoms with van der Waals surface area (Å²) >= 11 is 0. The van der Waals surface area contributed by atoms with Crippen molar-refractivity contribution >= 4 is 29.3 Å². The maximum Gasteiger partial charge on any atom is 0.266 e. The molecule has 0 aliphatic carbocycles. The van der Waals surface area contributed by atoms with Gasteiger partial charge in [-0.3, -0.25) is 19.2 Å². The smallest absolute Gasteiger partial charge is 0.266 e. The van der Waals surface area contributed by atoms with E-state index in [2.05, 4.69) is 10.6 Å². The average molecular weight is 397 g/mol. The predicted molar refractivity (Wildman–Crippen MR) is 104 cm³/mol. The van der Waals surface area contributed by atoms with Crippen molar-refractivity contribution in [3.63, 3.8) is 0 Å². The summed E-state index contributed by atoms with van der Waals surface area (Å²) in [6.07, 6.45) is 0. The van der Waals surface area contributed by atoms with Crippen LogP contribution in [0.3, 0.4) is 0 Å². The Bertz CT molecular complexity index is 1010. The van der Waals surface area contributed by atoms with Gasteiger partial charge in [0.05, 0.1) is 23.4 Å². The van der Waals surface area contributed by atoms with Gasteiger partial charge in [0.15, 0.2) is 0 Å². The van der Waals surface area contributed by atoms with E-state index in [9.17, 15) is 23.6 Å². The second-order valence-corrected chi connectivity index (χ2v) is 7.66. The largest absolute Gasteiger partial charge is 0.350 e. The first-order valence-corrected chi connectivity index (χ1v) is 8.94. The highest BCUT2D eigenvalue weighted by Gasteiger charge is 2.37. The van der Waals surface area contributed by atoms with E-state index in [0.717, 1.165) is 17.0 Å². The third-order valence-electron chi connectivity index (χ3n) is 4.16. The summed E-state index contributed by atoms with van der Waals surface area (Å²) < 4.78 is 13.1. The number of imide groups is 1. The van der Waals surface area contributed by atoms with Crippen molar-refractivity contribution in [1.29, 1.82) is 0 Å². The summed E-state index contributed by atoms with van der Waals surface area (Å²) in [5.41, 5.74) is 0.190. The van der Waals surface area contributed by atoms with Crippen LogP contribution in [0, 0.1) is 5.82 Å². The fourth-order valence-electron chi connectivity index (χ4n) is 2.93. The first-order chi connectivity index (χ1) is 13.6. The van der Waals surface area contributed by atoms with Crippen LogP contribution in [0.4, 0.5) is 10.1 Å². The number of nitrogens with one attached hydrogen (secondary N) is 2. The highest BCUT2D eigenvalue weighted by Crippen LogP contribution is 2.29. The summed E-state index contributed by atoms with van der Waals surface area (Å²) in [7, 11) is 0. The Balaban J connectivity index is 1.76. The van der Waals surface area contributed by atoms with Gasteiger partial charge in [0, 0.05) is 11.1 Å². The molecule has 0 aromatic heterocycles. The Morgan fingerprint density at radius 3 is 2.21 bits per heavy atom. The topological polar surface area (TPSA) is 95.6 Å². The number of halogens is 1. The minimum absolute atomic E-state index is 0.0751. The molecule has 2 N–H and O–H groups in total. The predicted octanol–water partition coefficient (Wildman–Crippen LogP) is 2.27. The van der Waals surface area contributed by atoms with Gasteiger partial charge >= 0.3 is 0 Å². The molecular formula is C21H20FN3O4. The molecule has 1 aliphatic heterocycles. The van der Waals surface area contributed by atoms with E-state index >= 15 is 0 Å². The molecule has 7 nitrogen and oxygen atoms in total. The Labute approximate surface area is 166 Å². The summed E-state index contributed by atoms with van der Waals surface area (Å²) in [4.78, 5) is 50.4. The van der Waals surface area contributed by atoms with Crippen LogP contribution < -0.4 is 15.5 Å². The summed E-state index contributed by atoms with van der Waals surface area (Å²) in [5, 5.41) is 5.21. The monoisotopic (exact) mass is 397 g/mol. The second-order valence-electron chi connectivity index (χ2n) is 7.66. The molecule has 4 amide bonds. The van der Waals surface area contributed by atoms with Crippen LogP contribution in [0.25, 0.3) is 0 Å². The first kappa shape index (κ1) is 20.2. The molecule has 150 valence electrons. The second kappa shape index (κ2) is 7.46. The van der Waals surface area contributed by atoms with E-state index in [4.69, 9.17) is 0 Å². The lowest BCUT2D eigenvalue weighted by atomic mass is 10.1. The Morgan fingerprint density at radius 1 is 0.966 bits per heavy atom. The van der Waals surface area contributed by atoms with Crippen LogP contribution in [-0.4, -0.2) is 35.7 Å². The summed E-state index contributed by atoms with van der Waals surface area (Å²) in [5.74, 6) is -2.53. The number of rotatable bonds is 4. The molecule has 8 heteroatoms. The van der Waals surface area contributed by atoms with E-state index in [1.54, 1.807) is 0 Å². The van der Waals surface area contributed by atoms with Crippen LogP contribution in [0.15, 0.2) is 42.5 Å². The van der Waals surface area contributed by atoms with E-state index in [1.807, 2.05) is 20.8 Å². The molecule has 0 saturated carbocycles. The van der Waals surface area contributed by atoms with Gasteiger partial charge < -0.3 is 10.6 Å². The lowest BCUT2D eigenvalue weighted by molar-refractivity contribution is -0.121. The molecule has 3 rings (SSSR count). The van der Waals surface area contributed by atoms with E-state index in [1.165, 1.54) is 30.3 Å². The number of carbonyl (C=O) groups excluding carboxylic acids is 4. The Kier molecular flexibility index (Phi) is 5.19. The zero-order valence-electron chi connectivity index (χ0n) is 16.2. The molecule has 0 bridgehead atoms. The molecule has 0 fully saturated rings. The van der Waals surface area contributed by atoms with Gasteiger partial charge in [-0.25, -0.2) is 9.29 Å². The highest BCUT2D eigenvalue weighted by atomic mass is 19.1. The standard InChI is InChI=1S/C21H20FN3O4/c1-21(2,3)24-17(26)11-23-18(27)12-4-9-15-16(10-12)20(29)25(19(15)28)14-7-5-13(22)6-8-14/h4-10H,11H2,1-3H3,(H,23,27)(H,24,26). The van der Waals surface area contributed by atoms with Gasteiger partial charge in [0.25, 0.3) is 17.7 Å². The van der Waals surface area contributed by atoms with Gasteiger partial charge in [0.1, 0.15) is 5.82 Å². The maximum absolute atomic E-state index is 13.1. The minimum atomic E-state index is -0.600. The number of hydrogen-bond acceptors (Lipinski definition) is 4. The molecule has 1 heterocycles. The molecule has 2 aromatic rings. The van der Waals surface area contributed by atoms with Gasteiger partial charge in [-0.1, -0.05) is 0 Å². The van der Waals surface area contributed by atoms with E-state index in [0.29, 0.717) is 0 Å². The molecular weight excluding hydrogens is 377 g/mol. The molecule has 1 aliphatic rings. The van der Waals surface area contributed by atoms with Crippen molar-refractivity contribution in [3.8, 4) is 0 Å². The van der Waals surface area contributed by atoms with Crippen LogP contribution in [0.5, 0.6) is 0 Å². The lowest BCUT2D eigenvalue weighted by Crippen LogP contribution is -2.45. The van der Waals surface area contributed by atoms with Crippen molar-refractivity contribution in [2.24, 2.45) is 0 Å². The number of benzene rings is 2. The van der Waals surface area contributed by atoms with Crippen molar-refractivity contribution in [1.82, 2.24) is 10.6 Å². The van der Waals surface area contributed by atoms with Crippen molar-refractivity contribution in [2.45, 2.75) is 26.3 Å². The van der Waals surface area contributed by atoms with Gasteiger partial charge in [-0.2, -0.15) is 0 Å². The number of anilines is 1. The number of hydrogen-bond donors (Lipinski definition) is 2. The minimum Gasteiger partial charge on any atom is -0.350 e. The molecule has 0 spiro atoms. The van der Waals surface area contributed by atoms with Gasteiger partial charge in [-0.05, 0) is 63.2 Å². The molecule has 0 saturated heterocycles. The molecule has 2 aromatic carbocycles. The molecule has 0 radical (unpaired) electrons. The van der Waals surface area contributed by atoms with E-state index in [-0.39, 0.29) is 34.8 Å². The fourth-order valence-corrected chi connectivity index (χ4v) is 2.93. The molecule has 0 unspecified atom stereocenters. The number of amides is 4. The fraction of sp³-hybridized carbons (Fsp3) is 0.238. The third kappa shape index (κ3) is 4.31. The van der Waals surface area contributed by atoms with Crippen LogP contribution in [0.1, 0.15) is 51.8 Å². The summed E-state index contributed by atoms with van der Waals surface area (Å²) in [6.45, 7) is 5.25. The lowest BCUT2D eigenvalue weighted by Gasteiger charge is -2.20. The zero-order chi connectivity index (χ0) is 21.3. The van der Waals surface area contributed by atoms with Crippen LogP contribution >= 0.6 is 0 Å². The maximum atomic E-state index is 13.1. The third-order valence-corrected chi connectivity index (χ3v) is 4.16. The molecule has 0 atom stereocenters. The SMILES string of the molecule is CC(C)(C)NC(=O)CNC(=O)c1ccc2c(c1)C(=O)N(c1ccc(F)cc1)C2=O. The first-order valence-electron chi connectivity index (χ1n) is 8.94. The zero-order valence-corrected chi connectivity index (χ0v) is 16.2. The van der Waals surface area contributed by atoms with Gasteiger partial charge in [0.2, 0.25) is 5.91 Å². The summed E-state index contributed by atoms with van der Waals surface area (Å²) in [6, 6.07) is 9.09. The van der Waals surface area contributed by atoms with Crippen LogP contribution in [-0.2, 0) is 4.79 Å². The Morgan fingerprint density at radius 2 is 1.59 bits per heavy atom. The number of fused-ring (bicyclic) bond motifs is 1. The van der Waals surface area contributed by atoms with Gasteiger partial charge in [-0.15, -0.1) is 0 Å². The highest BCUT2D eigenvalue weighted by molar-refractivity contribution is 6.34. The molecule has 29 heavy (non-hydrogen) atoms. The number of nitrogens with zero attached hydrogens (tertiary/aromatic N) is 1. The normalized spacial score (nSPS) is 13.3. The average Bonchev–Trinajstić information content (AvgIpc) is 2.89. The van der Waals surface area contributed by atoms with Crippen molar-refractivity contribution < 1.29 is 23.6 Å².